The Balaban J connectivity index is 1.90. The maximum atomic E-state index is 5.34. The van der Waals surface area contributed by atoms with Gasteiger partial charge in [0.05, 0.1) is 12.6 Å². The summed E-state index contributed by atoms with van der Waals surface area (Å²) < 4.78 is 5.34. The van der Waals surface area contributed by atoms with E-state index in [0.717, 1.165) is 26.2 Å². The molecule has 1 fully saturated rings. The summed E-state index contributed by atoms with van der Waals surface area (Å²) in [7, 11) is 4.17. The molecule has 0 aliphatic carbocycles. The second-order valence-corrected chi connectivity index (χ2v) is 4.64. The van der Waals surface area contributed by atoms with Crippen LogP contribution in [0.1, 0.15) is 12.0 Å². The molecule has 1 saturated heterocycles. The Hall–Kier alpha value is -1.06. The third-order valence-corrected chi connectivity index (χ3v) is 2.75. The Kier molecular flexibility index (Phi) is 3.80. The molecule has 1 atom stereocenters. The normalized spacial score (nSPS) is 20.3. The van der Waals surface area contributed by atoms with Crippen molar-refractivity contribution in [3.63, 3.8) is 0 Å². The molecule has 1 heterocycles. The van der Waals surface area contributed by atoms with Crippen molar-refractivity contribution in [1.82, 2.24) is 4.90 Å². The molecule has 2 rings (SSSR count). The number of ether oxygens (including phenoxy) is 1. The molecule has 16 heavy (non-hydrogen) atoms. The van der Waals surface area contributed by atoms with Gasteiger partial charge >= 0.3 is 0 Å². The summed E-state index contributed by atoms with van der Waals surface area (Å²) in [5, 5.41) is 3.48. The molecule has 0 bridgehead atoms. The highest BCUT2D eigenvalue weighted by atomic mass is 16.5. The molecule has 0 spiro atoms. The minimum atomic E-state index is 0.486. The molecular formula is C13H20N2O. The molecule has 0 amide bonds. The van der Waals surface area contributed by atoms with Crippen LogP contribution in [0.15, 0.2) is 24.3 Å². The van der Waals surface area contributed by atoms with E-state index in [1.54, 1.807) is 0 Å². The van der Waals surface area contributed by atoms with Gasteiger partial charge in [-0.3, -0.25) is 0 Å². The lowest BCUT2D eigenvalue weighted by Gasteiger charge is -2.14. The second kappa shape index (κ2) is 5.32. The van der Waals surface area contributed by atoms with Gasteiger partial charge in [0.25, 0.3) is 0 Å². The zero-order chi connectivity index (χ0) is 11.4. The van der Waals surface area contributed by atoms with E-state index in [4.69, 9.17) is 4.74 Å². The highest BCUT2D eigenvalue weighted by Gasteiger charge is 2.14. The van der Waals surface area contributed by atoms with Crippen molar-refractivity contribution in [2.45, 2.75) is 19.0 Å². The summed E-state index contributed by atoms with van der Waals surface area (Å²) in [6.45, 7) is 2.71. The molecule has 1 aromatic carbocycles. The smallest absolute Gasteiger partial charge is 0.0668 e. The van der Waals surface area contributed by atoms with Crippen LogP contribution in [0.2, 0.25) is 0 Å². The number of anilines is 1. The first-order chi connectivity index (χ1) is 7.74. The zero-order valence-electron chi connectivity index (χ0n) is 10.1. The molecule has 1 aliphatic heterocycles. The largest absolute Gasteiger partial charge is 0.380 e. The first kappa shape index (κ1) is 11.4. The maximum Gasteiger partial charge on any atom is 0.0668 e. The van der Waals surface area contributed by atoms with Crippen LogP contribution in [0.25, 0.3) is 0 Å². The fourth-order valence-corrected chi connectivity index (χ4v) is 1.96. The second-order valence-electron chi connectivity index (χ2n) is 4.64. The molecule has 0 saturated carbocycles. The standard InChI is InChI=1S/C13H20N2O/c1-15(2)9-11-3-5-12(6-4-11)14-13-7-8-16-10-13/h3-6,13-14H,7-10H2,1-2H3. The van der Waals surface area contributed by atoms with Gasteiger partial charge < -0.3 is 15.0 Å². The van der Waals surface area contributed by atoms with E-state index in [1.807, 2.05) is 0 Å². The van der Waals surface area contributed by atoms with Crippen LogP contribution >= 0.6 is 0 Å². The van der Waals surface area contributed by atoms with Crippen LogP contribution in [0.5, 0.6) is 0 Å². The predicted molar refractivity (Wildman–Crippen MR) is 66.7 cm³/mol. The van der Waals surface area contributed by atoms with E-state index < -0.39 is 0 Å². The Morgan fingerprint density at radius 2 is 2.06 bits per heavy atom. The topological polar surface area (TPSA) is 24.5 Å². The number of nitrogens with zero attached hydrogens (tertiary/aromatic N) is 1. The van der Waals surface area contributed by atoms with Crippen molar-refractivity contribution >= 4 is 5.69 Å². The van der Waals surface area contributed by atoms with Gasteiger partial charge in [0.15, 0.2) is 0 Å². The van der Waals surface area contributed by atoms with E-state index in [0.29, 0.717) is 6.04 Å². The number of nitrogens with one attached hydrogen (secondary N) is 1. The first-order valence-electron chi connectivity index (χ1n) is 5.82. The summed E-state index contributed by atoms with van der Waals surface area (Å²) in [4.78, 5) is 2.17. The lowest BCUT2D eigenvalue weighted by Crippen LogP contribution is -2.18. The Morgan fingerprint density at radius 3 is 2.62 bits per heavy atom. The van der Waals surface area contributed by atoms with Crippen LogP contribution < -0.4 is 5.32 Å². The van der Waals surface area contributed by atoms with E-state index in [1.165, 1.54) is 11.3 Å². The number of rotatable bonds is 4. The minimum Gasteiger partial charge on any atom is -0.380 e. The van der Waals surface area contributed by atoms with E-state index in [-0.39, 0.29) is 0 Å². The van der Waals surface area contributed by atoms with Gasteiger partial charge in [-0.25, -0.2) is 0 Å². The molecule has 1 unspecified atom stereocenters. The van der Waals surface area contributed by atoms with Gasteiger partial charge in [-0.05, 0) is 38.2 Å². The average Bonchev–Trinajstić information content (AvgIpc) is 2.73. The number of benzene rings is 1. The Labute approximate surface area is 97.4 Å². The average molecular weight is 220 g/mol. The molecule has 1 aromatic rings. The third kappa shape index (κ3) is 3.22. The predicted octanol–water partition coefficient (Wildman–Crippen LogP) is 1.95. The minimum absolute atomic E-state index is 0.486. The van der Waals surface area contributed by atoms with Crippen molar-refractivity contribution in [2.75, 3.05) is 32.6 Å². The highest BCUT2D eigenvalue weighted by molar-refractivity contribution is 5.45. The fourth-order valence-electron chi connectivity index (χ4n) is 1.96. The van der Waals surface area contributed by atoms with Crippen LogP contribution in [0, 0.1) is 0 Å². The SMILES string of the molecule is CN(C)Cc1ccc(NC2CCOC2)cc1. The summed E-state index contributed by atoms with van der Waals surface area (Å²) in [6, 6.07) is 9.14. The molecule has 3 heteroatoms. The molecule has 3 nitrogen and oxygen atoms in total. The van der Waals surface area contributed by atoms with Crippen LogP contribution in [-0.4, -0.2) is 38.3 Å². The van der Waals surface area contributed by atoms with Gasteiger partial charge in [-0.2, -0.15) is 0 Å². The molecule has 88 valence electrons. The van der Waals surface area contributed by atoms with Gasteiger partial charge in [-0.1, -0.05) is 12.1 Å². The molecule has 1 N–H and O–H groups in total. The Morgan fingerprint density at radius 1 is 1.31 bits per heavy atom. The van der Waals surface area contributed by atoms with Crippen molar-refractivity contribution in [2.24, 2.45) is 0 Å². The molecule has 0 radical (unpaired) electrons. The number of hydrogen-bond donors (Lipinski definition) is 1. The first-order valence-corrected chi connectivity index (χ1v) is 5.82. The van der Waals surface area contributed by atoms with Crippen molar-refractivity contribution in [3.05, 3.63) is 29.8 Å². The lowest BCUT2D eigenvalue weighted by molar-refractivity contribution is 0.195. The Bertz CT molecular complexity index is 315. The summed E-state index contributed by atoms with van der Waals surface area (Å²) in [6.07, 6.45) is 1.11. The molecular weight excluding hydrogens is 200 g/mol. The molecule has 1 aliphatic rings. The monoisotopic (exact) mass is 220 g/mol. The van der Waals surface area contributed by atoms with E-state index in [2.05, 4.69) is 48.6 Å². The van der Waals surface area contributed by atoms with Crippen molar-refractivity contribution in [1.29, 1.82) is 0 Å². The van der Waals surface area contributed by atoms with Gasteiger partial charge in [0.2, 0.25) is 0 Å². The zero-order valence-corrected chi connectivity index (χ0v) is 10.1. The van der Waals surface area contributed by atoms with Crippen LogP contribution in [0.3, 0.4) is 0 Å². The summed E-state index contributed by atoms with van der Waals surface area (Å²) in [5.41, 5.74) is 2.54. The lowest BCUT2D eigenvalue weighted by atomic mass is 10.2. The van der Waals surface area contributed by atoms with E-state index in [9.17, 15) is 0 Å². The fraction of sp³-hybridized carbons (Fsp3) is 0.538. The van der Waals surface area contributed by atoms with Crippen LogP contribution in [-0.2, 0) is 11.3 Å². The summed E-state index contributed by atoms with van der Waals surface area (Å²) in [5.74, 6) is 0. The van der Waals surface area contributed by atoms with Gasteiger partial charge in [0, 0.05) is 18.8 Å². The molecule has 0 aromatic heterocycles. The highest BCUT2D eigenvalue weighted by Crippen LogP contribution is 2.15. The maximum absolute atomic E-state index is 5.34. The van der Waals surface area contributed by atoms with Gasteiger partial charge in [-0.15, -0.1) is 0 Å². The van der Waals surface area contributed by atoms with Gasteiger partial charge in [0.1, 0.15) is 0 Å². The summed E-state index contributed by atoms with van der Waals surface area (Å²) >= 11 is 0. The van der Waals surface area contributed by atoms with Crippen molar-refractivity contribution < 1.29 is 4.74 Å². The van der Waals surface area contributed by atoms with E-state index >= 15 is 0 Å². The third-order valence-electron chi connectivity index (χ3n) is 2.75. The quantitative estimate of drug-likeness (QED) is 0.839. The number of hydrogen-bond acceptors (Lipinski definition) is 3. The van der Waals surface area contributed by atoms with Crippen LogP contribution in [0.4, 0.5) is 5.69 Å². The van der Waals surface area contributed by atoms with Crippen molar-refractivity contribution in [3.8, 4) is 0 Å².